The Morgan fingerprint density at radius 2 is 1.33 bits per heavy atom. The third-order valence-corrected chi connectivity index (χ3v) is 3.59. The van der Waals surface area contributed by atoms with E-state index in [0.717, 1.165) is 23.0 Å². The highest BCUT2D eigenvalue weighted by atomic mass is 16.5. The summed E-state index contributed by atoms with van der Waals surface area (Å²) in [6.45, 7) is 1.54. The minimum absolute atomic E-state index is 0.492. The van der Waals surface area contributed by atoms with Crippen molar-refractivity contribution < 1.29 is 14.2 Å². The number of methoxy groups -OCH3 is 1. The Balaban J connectivity index is 1.82. The highest BCUT2D eigenvalue weighted by Crippen LogP contribution is 2.29. The van der Waals surface area contributed by atoms with Crippen molar-refractivity contribution in [2.45, 2.75) is 6.61 Å². The third kappa shape index (κ3) is 3.97. The molecule has 0 radical (unpaired) electrons. The first-order valence-electron chi connectivity index (χ1n) is 7.94. The summed E-state index contributed by atoms with van der Waals surface area (Å²) >= 11 is 0. The van der Waals surface area contributed by atoms with E-state index in [-0.39, 0.29) is 0 Å². The SMILES string of the molecule is COCCOc1ccc(OCc2ccccc2)n1-c1ccccc1. The fourth-order valence-electron chi connectivity index (χ4n) is 2.42. The van der Waals surface area contributed by atoms with Crippen LogP contribution in [0.3, 0.4) is 0 Å². The second kappa shape index (κ2) is 8.22. The molecule has 24 heavy (non-hydrogen) atoms. The summed E-state index contributed by atoms with van der Waals surface area (Å²) in [6, 6.07) is 24.0. The number of benzene rings is 2. The lowest BCUT2D eigenvalue weighted by Crippen LogP contribution is -2.09. The summed E-state index contributed by atoms with van der Waals surface area (Å²) in [5, 5.41) is 0. The second-order valence-electron chi connectivity index (χ2n) is 5.30. The molecule has 0 saturated heterocycles. The summed E-state index contributed by atoms with van der Waals surface area (Å²) in [7, 11) is 1.66. The molecule has 4 heteroatoms. The highest BCUT2D eigenvalue weighted by molar-refractivity contribution is 5.43. The average Bonchev–Trinajstić information content (AvgIpc) is 3.05. The van der Waals surface area contributed by atoms with E-state index in [4.69, 9.17) is 14.2 Å². The minimum Gasteiger partial charge on any atom is -0.476 e. The molecule has 1 aromatic heterocycles. The number of hydrogen-bond acceptors (Lipinski definition) is 3. The molecule has 0 aliphatic heterocycles. The zero-order chi connectivity index (χ0) is 16.6. The minimum atomic E-state index is 0.492. The van der Waals surface area contributed by atoms with E-state index < -0.39 is 0 Å². The zero-order valence-corrected chi connectivity index (χ0v) is 13.7. The molecule has 4 nitrogen and oxygen atoms in total. The highest BCUT2D eigenvalue weighted by Gasteiger charge is 2.12. The summed E-state index contributed by atoms with van der Waals surface area (Å²) in [5.41, 5.74) is 2.12. The van der Waals surface area contributed by atoms with Gasteiger partial charge in [0.1, 0.15) is 13.2 Å². The maximum absolute atomic E-state index is 6.02. The molecule has 0 aliphatic carbocycles. The Kier molecular flexibility index (Phi) is 5.53. The van der Waals surface area contributed by atoms with Gasteiger partial charge in [-0.05, 0) is 17.7 Å². The van der Waals surface area contributed by atoms with Crippen molar-refractivity contribution in [3.05, 3.63) is 78.4 Å². The molecular weight excluding hydrogens is 302 g/mol. The summed E-state index contributed by atoms with van der Waals surface area (Å²) in [6.07, 6.45) is 0. The van der Waals surface area contributed by atoms with Crippen LogP contribution in [0, 0.1) is 0 Å². The monoisotopic (exact) mass is 323 g/mol. The molecule has 2 aromatic carbocycles. The van der Waals surface area contributed by atoms with Gasteiger partial charge in [-0.2, -0.15) is 0 Å². The fourth-order valence-corrected chi connectivity index (χ4v) is 2.42. The first-order chi connectivity index (χ1) is 11.9. The van der Waals surface area contributed by atoms with Crippen molar-refractivity contribution in [1.29, 1.82) is 0 Å². The van der Waals surface area contributed by atoms with E-state index in [9.17, 15) is 0 Å². The van der Waals surface area contributed by atoms with Gasteiger partial charge in [0.25, 0.3) is 0 Å². The normalized spacial score (nSPS) is 10.5. The van der Waals surface area contributed by atoms with Crippen LogP contribution in [0.1, 0.15) is 5.56 Å². The van der Waals surface area contributed by atoms with Crippen LogP contribution in [0.2, 0.25) is 0 Å². The van der Waals surface area contributed by atoms with E-state index in [1.807, 2.05) is 77.4 Å². The number of ether oxygens (including phenoxy) is 3. The van der Waals surface area contributed by atoms with Crippen LogP contribution in [0.25, 0.3) is 5.69 Å². The molecule has 0 atom stereocenters. The Morgan fingerprint density at radius 3 is 2.00 bits per heavy atom. The zero-order valence-electron chi connectivity index (χ0n) is 13.7. The molecular formula is C20H21NO3. The molecule has 3 aromatic rings. The molecule has 0 bridgehead atoms. The Morgan fingerprint density at radius 1 is 0.708 bits per heavy atom. The summed E-state index contributed by atoms with van der Waals surface area (Å²) in [5.74, 6) is 1.48. The Bertz CT molecular complexity index is 738. The predicted molar refractivity (Wildman–Crippen MR) is 93.9 cm³/mol. The lowest BCUT2D eigenvalue weighted by Gasteiger charge is -2.14. The third-order valence-electron chi connectivity index (χ3n) is 3.59. The van der Waals surface area contributed by atoms with Gasteiger partial charge in [0, 0.05) is 19.2 Å². The van der Waals surface area contributed by atoms with Crippen LogP contribution in [-0.2, 0) is 11.3 Å². The lowest BCUT2D eigenvalue weighted by molar-refractivity contribution is 0.142. The van der Waals surface area contributed by atoms with Crippen LogP contribution in [-0.4, -0.2) is 24.9 Å². The van der Waals surface area contributed by atoms with E-state index >= 15 is 0 Å². The van der Waals surface area contributed by atoms with E-state index in [1.54, 1.807) is 7.11 Å². The van der Waals surface area contributed by atoms with Gasteiger partial charge in [-0.1, -0.05) is 48.5 Å². The lowest BCUT2D eigenvalue weighted by atomic mass is 10.2. The van der Waals surface area contributed by atoms with Gasteiger partial charge in [0.05, 0.1) is 12.3 Å². The largest absolute Gasteiger partial charge is 0.476 e. The first-order valence-corrected chi connectivity index (χ1v) is 7.94. The van der Waals surface area contributed by atoms with E-state index in [1.165, 1.54) is 0 Å². The molecule has 1 heterocycles. The quantitative estimate of drug-likeness (QED) is 0.586. The average molecular weight is 323 g/mol. The second-order valence-corrected chi connectivity index (χ2v) is 5.30. The Labute approximate surface area is 142 Å². The van der Waals surface area contributed by atoms with Crippen molar-refractivity contribution >= 4 is 0 Å². The number of rotatable bonds is 8. The summed E-state index contributed by atoms with van der Waals surface area (Å²) < 4.78 is 18.9. The molecule has 0 N–H and O–H groups in total. The number of aromatic nitrogens is 1. The number of para-hydroxylation sites is 1. The van der Waals surface area contributed by atoms with Crippen LogP contribution >= 0.6 is 0 Å². The van der Waals surface area contributed by atoms with Crippen LogP contribution < -0.4 is 9.47 Å². The summed E-state index contributed by atoms with van der Waals surface area (Å²) in [4.78, 5) is 0. The molecule has 0 saturated carbocycles. The molecule has 3 rings (SSSR count). The fraction of sp³-hybridized carbons (Fsp3) is 0.200. The molecule has 0 spiro atoms. The maximum atomic E-state index is 6.02. The van der Waals surface area contributed by atoms with Gasteiger partial charge in [0.2, 0.25) is 11.8 Å². The van der Waals surface area contributed by atoms with Gasteiger partial charge in [-0.15, -0.1) is 0 Å². The standard InChI is InChI=1S/C20H21NO3/c1-22-14-15-23-19-12-13-20(21(19)18-10-6-3-7-11-18)24-16-17-8-4-2-5-9-17/h2-13H,14-16H2,1H3. The van der Waals surface area contributed by atoms with Gasteiger partial charge >= 0.3 is 0 Å². The van der Waals surface area contributed by atoms with E-state index in [2.05, 4.69) is 0 Å². The van der Waals surface area contributed by atoms with Crippen LogP contribution in [0.4, 0.5) is 0 Å². The smallest absolute Gasteiger partial charge is 0.201 e. The predicted octanol–water partition coefficient (Wildman–Crippen LogP) is 4.08. The maximum Gasteiger partial charge on any atom is 0.201 e. The van der Waals surface area contributed by atoms with E-state index in [0.29, 0.717) is 19.8 Å². The van der Waals surface area contributed by atoms with Gasteiger partial charge in [-0.3, -0.25) is 4.57 Å². The van der Waals surface area contributed by atoms with Crippen molar-refractivity contribution in [1.82, 2.24) is 4.57 Å². The van der Waals surface area contributed by atoms with Crippen LogP contribution in [0.15, 0.2) is 72.8 Å². The molecule has 124 valence electrons. The topological polar surface area (TPSA) is 32.6 Å². The number of nitrogens with zero attached hydrogens (tertiary/aromatic N) is 1. The Hall–Kier alpha value is -2.72. The number of hydrogen-bond donors (Lipinski definition) is 0. The van der Waals surface area contributed by atoms with Gasteiger partial charge in [-0.25, -0.2) is 0 Å². The van der Waals surface area contributed by atoms with Gasteiger partial charge < -0.3 is 14.2 Å². The van der Waals surface area contributed by atoms with Gasteiger partial charge in [0.15, 0.2) is 0 Å². The van der Waals surface area contributed by atoms with Crippen LogP contribution in [0.5, 0.6) is 11.8 Å². The van der Waals surface area contributed by atoms with Crippen molar-refractivity contribution in [2.75, 3.05) is 20.3 Å². The molecule has 0 amide bonds. The molecule has 0 unspecified atom stereocenters. The molecule has 0 fully saturated rings. The van der Waals surface area contributed by atoms with Crippen molar-refractivity contribution in [3.63, 3.8) is 0 Å². The first kappa shape index (κ1) is 16.1. The molecule has 0 aliphatic rings. The van der Waals surface area contributed by atoms with Crippen molar-refractivity contribution in [2.24, 2.45) is 0 Å². The van der Waals surface area contributed by atoms with Crippen molar-refractivity contribution in [3.8, 4) is 17.4 Å².